The summed E-state index contributed by atoms with van der Waals surface area (Å²) in [5.74, 6) is 0. The molecule has 0 unspecified atom stereocenters. The van der Waals surface area contributed by atoms with Crippen molar-refractivity contribution in [2.45, 2.75) is 43.9 Å². The average Bonchev–Trinajstić information content (AvgIpc) is 2.12. The van der Waals surface area contributed by atoms with Gasteiger partial charge in [0.2, 0.25) is 0 Å². The molecule has 0 aromatic heterocycles. The number of nitrogens with two attached hydrogens (primary N) is 1. The predicted molar refractivity (Wildman–Crippen MR) is 71.6 cm³/mol. The van der Waals surface area contributed by atoms with Crippen molar-refractivity contribution in [3.63, 3.8) is 0 Å². The van der Waals surface area contributed by atoms with E-state index >= 15 is 0 Å². The van der Waals surface area contributed by atoms with Crippen LogP contribution in [-0.4, -0.2) is 4.75 Å². The van der Waals surface area contributed by atoms with E-state index in [0.717, 1.165) is 6.07 Å². The second-order valence-electron chi connectivity index (χ2n) is 5.26. The number of hydrogen-bond donors (Lipinski definition) is 1. The molecule has 0 saturated heterocycles. The van der Waals surface area contributed by atoms with Crippen LogP contribution >= 0.6 is 11.8 Å². The van der Waals surface area contributed by atoms with E-state index in [0.29, 0.717) is 5.56 Å². The van der Waals surface area contributed by atoms with Crippen molar-refractivity contribution in [1.82, 2.24) is 0 Å². The first-order valence-corrected chi connectivity index (χ1v) is 6.52. The Labute approximate surface area is 110 Å². The first-order valence-electron chi connectivity index (χ1n) is 5.64. The maximum absolute atomic E-state index is 12.7. The van der Waals surface area contributed by atoms with Crippen LogP contribution in [0.5, 0.6) is 0 Å². The van der Waals surface area contributed by atoms with E-state index in [1.807, 2.05) is 27.7 Å². The zero-order chi connectivity index (χ0) is 14.1. The maximum atomic E-state index is 12.7. The summed E-state index contributed by atoms with van der Waals surface area (Å²) in [7, 11) is 0. The summed E-state index contributed by atoms with van der Waals surface area (Å²) in [6, 6.07) is 3.76. The number of benzene rings is 1. The normalized spacial score (nSPS) is 14.6. The van der Waals surface area contributed by atoms with Gasteiger partial charge in [-0.05, 0) is 30.7 Å². The van der Waals surface area contributed by atoms with Crippen LogP contribution in [0.4, 0.5) is 18.9 Å². The summed E-state index contributed by atoms with van der Waals surface area (Å²) in [6.45, 7) is 7.99. The molecule has 18 heavy (non-hydrogen) atoms. The molecule has 0 amide bonds. The molecule has 102 valence electrons. The molecule has 2 N–H and O–H groups in total. The summed E-state index contributed by atoms with van der Waals surface area (Å²) >= 11 is 1.61. The molecule has 1 aromatic rings. The van der Waals surface area contributed by atoms with Crippen molar-refractivity contribution in [3.8, 4) is 0 Å². The lowest BCUT2D eigenvalue weighted by atomic mass is 10.1. The Morgan fingerprint density at radius 2 is 1.67 bits per heavy atom. The SMILES string of the molecule is C[C@@H](SC(C)(C)C)c1cc(N)cc(C(F)(F)F)c1. The van der Waals surface area contributed by atoms with E-state index in [2.05, 4.69) is 0 Å². The highest BCUT2D eigenvalue weighted by Crippen LogP contribution is 2.40. The van der Waals surface area contributed by atoms with E-state index in [-0.39, 0.29) is 15.7 Å². The molecule has 0 radical (unpaired) electrons. The van der Waals surface area contributed by atoms with E-state index < -0.39 is 11.7 Å². The molecule has 1 atom stereocenters. The van der Waals surface area contributed by atoms with Gasteiger partial charge in [0.05, 0.1) is 5.56 Å². The van der Waals surface area contributed by atoms with Crippen LogP contribution in [0.1, 0.15) is 44.1 Å². The van der Waals surface area contributed by atoms with Crippen molar-refractivity contribution in [3.05, 3.63) is 29.3 Å². The molecule has 0 aliphatic rings. The Kier molecular flexibility index (Phi) is 4.26. The number of nitrogen functional groups attached to an aromatic ring is 1. The molecule has 0 aliphatic heterocycles. The van der Waals surface area contributed by atoms with E-state index in [9.17, 15) is 13.2 Å². The zero-order valence-corrected chi connectivity index (χ0v) is 11.7. The van der Waals surface area contributed by atoms with E-state index in [1.165, 1.54) is 6.07 Å². The fourth-order valence-corrected chi connectivity index (χ4v) is 3.01. The number of hydrogen-bond acceptors (Lipinski definition) is 2. The van der Waals surface area contributed by atoms with Gasteiger partial charge in [0.25, 0.3) is 0 Å². The van der Waals surface area contributed by atoms with Crippen molar-refractivity contribution in [2.24, 2.45) is 0 Å². The van der Waals surface area contributed by atoms with Crippen molar-refractivity contribution < 1.29 is 13.2 Å². The van der Waals surface area contributed by atoms with Crippen molar-refractivity contribution in [2.75, 3.05) is 5.73 Å². The quantitative estimate of drug-likeness (QED) is 0.780. The summed E-state index contributed by atoms with van der Waals surface area (Å²) < 4.78 is 38.0. The largest absolute Gasteiger partial charge is 0.416 e. The Hall–Kier alpha value is -0.840. The van der Waals surface area contributed by atoms with Crippen LogP contribution in [0.25, 0.3) is 0 Å². The second-order valence-corrected chi connectivity index (χ2v) is 7.43. The standard InChI is InChI=1S/C13H18F3NS/c1-8(18-12(2,3)4)9-5-10(13(14,15)16)7-11(17)6-9/h5-8H,17H2,1-4H3/t8-/m1/s1. The smallest absolute Gasteiger partial charge is 0.399 e. The molecule has 0 saturated carbocycles. The predicted octanol–water partition coefficient (Wildman–Crippen LogP) is 4.88. The zero-order valence-electron chi connectivity index (χ0n) is 10.9. The Morgan fingerprint density at radius 1 is 1.11 bits per heavy atom. The Bertz CT molecular complexity index is 421. The molecule has 0 heterocycles. The van der Waals surface area contributed by atoms with Crippen LogP contribution in [0.3, 0.4) is 0 Å². The first kappa shape index (κ1) is 15.2. The van der Waals surface area contributed by atoms with Gasteiger partial charge in [-0.3, -0.25) is 0 Å². The van der Waals surface area contributed by atoms with Crippen LogP contribution in [0.15, 0.2) is 18.2 Å². The molecule has 1 nitrogen and oxygen atoms in total. The molecule has 0 spiro atoms. The maximum Gasteiger partial charge on any atom is 0.416 e. The van der Waals surface area contributed by atoms with Gasteiger partial charge in [-0.15, -0.1) is 11.8 Å². The molecular weight excluding hydrogens is 259 g/mol. The topological polar surface area (TPSA) is 26.0 Å². The lowest BCUT2D eigenvalue weighted by Gasteiger charge is -2.24. The van der Waals surface area contributed by atoms with Gasteiger partial charge in [0, 0.05) is 15.7 Å². The first-order chi connectivity index (χ1) is 7.99. The van der Waals surface area contributed by atoms with Crippen LogP contribution in [0, 0.1) is 0 Å². The number of halogens is 3. The van der Waals surface area contributed by atoms with Gasteiger partial charge in [-0.1, -0.05) is 20.8 Å². The molecule has 0 aliphatic carbocycles. The van der Waals surface area contributed by atoms with Crippen LogP contribution in [0.2, 0.25) is 0 Å². The Balaban J connectivity index is 3.07. The third-order valence-corrected chi connectivity index (χ3v) is 3.64. The summed E-state index contributed by atoms with van der Waals surface area (Å²) in [5.41, 5.74) is 5.63. The third-order valence-electron chi connectivity index (χ3n) is 2.30. The van der Waals surface area contributed by atoms with E-state index in [4.69, 9.17) is 5.73 Å². The molecule has 0 bridgehead atoms. The number of thioether (sulfide) groups is 1. The third kappa shape index (κ3) is 4.44. The summed E-state index contributed by atoms with van der Waals surface area (Å²) in [5, 5.41) is -0.0328. The number of alkyl halides is 3. The molecule has 5 heteroatoms. The minimum Gasteiger partial charge on any atom is -0.399 e. The lowest BCUT2D eigenvalue weighted by molar-refractivity contribution is -0.137. The van der Waals surface area contributed by atoms with Crippen LogP contribution < -0.4 is 5.73 Å². The minimum absolute atomic E-state index is 0.0115. The number of anilines is 1. The highest BCUT2D eigenvalue weighted by atomic mass is 32.2. The highest BCUT2D eigenvalue weighted by Gasteiger charge is 2.31. The molecular formula is C13H18F3NS. The monoisotopic (exact) mass is 277 g/mol. The van der Waals surface area contributed by atoms with Gasteiger partial charge in [-0.25, -0.2) is 0 Å². The van der Waals surface area contributed by atoms with Gasteiger partial charge in [0.15, 0.2) is 0 Å². The molecule has 1 rings (SSSR count). The van der Waals surface area contributed by atoms with Gasteiger partial charge < -0.3 is 5.73 Å². The highest BCUT2D eigenvalue weighted by molar-refractivity contribution is 8.00. The second kappa shape index (κ2) is 5.03. The van der Waals surface area contributed by atoms with Gasteiger partial charge >= 0.3 is 6.18 Å². The van der Waals surface area contributed by atoms with Gasteiger partial charge in [0.1, 0.15) is 0 Å². The molecule has 0 fully saturated rings. The van der Waals surface area contributed by atoms with Crippen molar-refractivity contribution in [1.29, 1.82) is 0 Å². The van der Waals surface area contributed by atoms with E-state index in [1.54, 1.807) is 17.8 Å². The Morgan fingerprint density at radius 3 is 2.11 bits per heavy atom. The van der Waals surface area contributed by atoms with Crippen molar-refractivity contribution >= 4 is 17.4 Å². The van der Waals surface area contributed by atoms with Crippen LogP contribution in [-0.2, 0) is 6.18 Å². The summed E-state index contributed by atoms with van der Waals surface area (Å²) in [4.78, 5) is 0. The average molecular weight is 277 g/mol. The number of rotatable bonds is 2. The summed E-state index contributed by atoms with van der Waals surface area (Å²) in [6.07, 6.45) is -4.35. The fourth-order valence-electron chi connectivity index (χ4n) is 1.67. The fraction of sp³-hybridized carbons (Fsp3) is 0.538. The van der Waals surface area contributed by atoms with Gasteiger partial charge in [-0.2, -0.15) is 13.2 Å². The lowest BCUT2D eigenvalue weighted by Crippen LogP contribution is -2.11. The molecule has 1 aromatic carbocycles. The minimum atomic E-state index is -4.35.